The van der Waals surface area contributed by atoms with Gasteiger partial charge in [0.1, 0.15) is 0 Å². The fourth-order valence-corrected chi connectivity index (χ4v) is 3.34. The zero-order valence-electron chi connectivity index (χ0n) is 17.0. The molecule has 13 heteroatoms. The molecule has 0 spiro atoms. The topological polar surface area (TPSA) is 129 Å². The standard InChI is InChI=1S/C19H19F2N9O2/c1-22-17(32)15-12(6-13(26-27-15)24-16(31)10-2-3-10)23-18-25-14-5-4-11(7-30(14)28-18)29-8-19(20,21)9-29/h4-7,10H,2-3,8-9H2,1H3,(H,22,32)(H2,23,24,26,28,31). The average molecular weight is 443 g/mol. The Balaban J connectivity index is 1.41. The van der Waals surface area contributed by atoms with E-state index in [2.05, 4.69) is 36.2 Å². The summed E-state index contributed by atoms with van der Waals surface area (Å²) < 4.78 is 27.8. The van der Waals surface area contributed by atoms with Crippen LogP contribution in [-0.4, -0.2) is 62.7 Å². The third-order valence-corrected chi connectivity index (χ3v) is 5.21. The number of nitrogens with zero attached hydrogens (tertiary/aromatic N) is 6. The highest BCUT2D eigenvalue weighted by Gasteiger charge is 2.44. The Bertz CT molecular complexity index is 1220. The van der Waals surface area contributed by atoms with Gasteiger partial charge in [-0.1, -0.05) is 0 Å². The predicted molar refractivity (Wildman–Crippen MR) is 110 cm³/mol. The van der Waals surface area contributed by atoms with Crippen molar-refractivity contribution in [2.75, 3.05) is 35.7 Å². The maximum Gasteiger partial charge on any atom is 0.282 e. The molecule has 1 aliphatic carbocycles. The molecule has 3 N–H and O–H groups in total. The van der Waals surface area contributed by atoms with Crippen LogP contribution in [-0.2, 0) is 4.79 Å². The molecule has 2 fully saturated rings. The predicted octanol–water partition coefficient (Wildman–Crippen LogP) is 1.43. The molecule has 0 atom stereocenters. The Morgan fingerprint density at radius 1 is 1.19 bits per heavy atom. The molecular formula is C19H19F2N9O2. The Morgan fingerprint density at radius 3 is 2.66 bits per heavy atom. The van der Waals surface area contributed by atoms with Crippen molar-refractivity contribution >= 4 is 40.6 Å². The van der Waals surface area contributed by atoms with Crippen LogP contribution in [0.1, 0.15) is 23.3 Å². The number of hydrogen-bond acceptors (Lipinski definition) is 8. The highest BCUT2D eigenvalue weighted by Crippen LogP contribution is 2.32. The molecule has 2 amide bonds. The van der Waals surface area contributed by atoms with Gasteiger partial charge in [-0.05, 0) is 25.0 Å². The van der Waals surface area contributed by atoms with Gasteiger partial charge in [0.2, 0.25) is 11.9 Å². The molecule has 3 aromatic rings. The second-order valence-corrected chi connectivity index (χ2v) is 7.80. The van der Waals surface area contributed by atoms with Crippen molar-refractivity contribution in [3.8, 4) is 0 Å². The first-order valence-corrected chi connectivity index (χ1v) is 9.98. The number of fused-ring (bicyclic) bond motifs is 1. The van der Waals surface area contributed by atoms with E-state index in [-0.39, 0.29) is 48.1 Å². The SMILES string of the molecule is CNC(=O)c1nnc(NC(=O)C2CC2)cc1Nc1nc2ccc(N3CC(F)(F)C3)cn2n1. The lowest BCUT2D eigenvalue weighted by Gasteiger charge is -2.40. The van der Waals surface area contributed by atoms with Crippen LogP contribution < -0.4 is 20.9 Å². The van der Waals surface area contributed by atoms with Crippen molar-refractivity contribution in [2.45, 2.75) is 18.8 Å². The lowest BCUT2D eigenvalue weighted by Crippen LogP contribution is -2.56. The number of carbonyl (C=O) groups is 2. The van der Waals surface area contributed by atoms with Crippen LogP contribution >= 0.6 is 0 Å². The van der Waals surface area contributed by atoms with Gasteiger partial charge in [-0.15, -0.1) is 15.3 Å². The van der Waals surface area contributed by atoms with E-state index >= 15 is 0 Å². The van der Waals surface area contributed by atoms with Crippen molar-refractivity contribution < 1.29 is 18.4 Å². The summed E-state index contributed by atoms with van der Waals surface area (Å²) in [7, 11) is 1.46. The summed E-state index contributed by atoms with van der Waals surface area (Å²) in [5.41, 5.74) is 1.33. The Labute approximate surface area is 180 Å². The fourth-order valence-electron chi connectivity index (χ4n) is 3.34. The number of halogens is 2. The summed E-state index contributed by atoms with van der Waals surface area (Å²) >= 11 is 0. The van der Waals surface area contributed by atoms with E-state index < -0.39 is 11.8 Å². The first-order valence-electron chi connectivity index (χ1n) is 9.98. The van der Waals surface area contributed by atoms with Crippen LogP contribution in [0.5, 0.6) is 0 Å². The van der Waals surface area contributed by atoms with E-state index in [0.29, 0.717) is 11.3 Å². The van der Waals surface area contributed by atoms with Gasteiger partial charge in [-0.2, -0.15) is 4.98 Å². The Kier molecular flexibility index (Phi) is 4.60. The van der Waals surface area contributed by atoms with Crippen LogP contribution in [0.25, 0.3) is 5.65 Å². The van der Waals surface area contributed by atoms with Crippen molar-refractivity contribution in [1.29, 1.82) is 0 Å². The van der Waals surface area contributed by atoms with E-state index in [4.69, 9.17) is 0 Å². The molecule has 1 saturated carbocycles. The number of aromatic nitrogens is 5. The molecule has 166 valence electrons. The molecule has 1 saturated heterocycles. The smallest absolute Gasteiger partial charge is 0.282 e. The highest BCUT2D eigenvalue weighted by atomic mass is 19.3. The fraction of sp³-hybridized carbons (Fsp3) is 0.368. The zero-order chi connectivity index (χ0) is 22.5. The van der Waals surface area contributed by atoms with Gasteiger partial charge in [-0.25, -0.2) is 13.3 Å². The number of rotatable bonds is 6. The molecule has 1 aliphatic heterocycles. The molecule has 32 heavy (non-hydrogen) atoms. The molecule has 0 radical (unpaired) electrons. The summed E-state index contributed by atoms with van der Waals surface area (Å²) in [5, 5.41) is 20.2. The minimum Gasteiger partial charge on any atom is -0.358 e. The minimum absolute atomic E-state index is 0.000670. The second-order valence-electron chi connectivity index (χ2n) is 7.80. The zero-order valence-corrected chi connectivity index (χ0v) is 17.0. The normalized spacial score (nSPS) is 17.0. The maximum absolute atomic E-state index is 13.2. The maximum atomic E-state index is 13.2. The summed E-state index contributed by atoms with van der Waals surface area (Å²) in [6.07, 6.45) is 3.28. The molecule has 0 bridgehead atoms. The molecule has 0 unspecified atom stereocenters. The van der Waals surface area contributed by atoms with Gasteiger partial charge in [0, 0.05) is 19.0 Å². The first-order chi connectivity index (χ1) is 15.3. The molecule has 2 aliphatic rings. The van der Waals surface area contributed by atoms with E-state index in [9.17, 15) is 18.4 Å². The summed E-state index contributed by atoms with van der Waals surface area (Å²) in [6.45, 7) is -0.683. The lowest BCUT2D eigenvalue weighted by atomic mass is 10.1. The van der Waals surface area contributed by atoms with Crippen LogP contribution in [0.4, 0.5) is 31.9 Å². The molecule has 5 rings (SSSR count). The van der Waals surface area contributed by atoms with Gasteiger partial charge < -0.3 is 20.9 Å². The van der Waals surface area contributed by atoms with Gasteiger partial charge in [0.25, 0.3) is 11.8 Å². The highest BCUT2D eigenvalue weighted by molar-refractivity contribution is 5.99. The monoisotopic (exact) mass is 443 g/mol. The minimum atomic E-state index is -2.68. The summed E-state index contributed by atoms with van der Waals surface area (Å²) in [5.74, 6) is -2.97. The average Bonchev–Trinajstić information content (AvgIpc) is 3.52. The largest absolute Gasteiger partial charge is 0.358 e. The molecule has 4 heterocycles. The van der Waals surface area contributed by atoms with Gasteiger partial charge in [0.15, 0.2) is 17.2 Å². The van der Waals surface area contributed by atoms with Gasteiger partial charge in [-0.3, -0.25) is 9.59 Å². The Hall–Kier alpha value is -3.90. The van der Waals surface area contributed by atoms with Crippen molar-refractivity contribution in [2.24, 2.45) is 5.92 Å². The molecular weight excluding hydrogens is 424 g/mol. The molecule has 0 aromatic carbocycles. The Morgan fingerprint density at radius 2 is 1.97 bits per heavy atom. The van der Waals surface area contributed by atoms with E-state index in [1.807, 2.05) is 0 Å². The first kappa shape index (κ1) is 20.0. The van der Waals surface area contributed by atoms with E-state index in [0.717, 1.165) is 12.8 Å². The van der Waals surface area contributed by atoms with Gasteiger partial charge >= 0.3 is 0 Å². The number of hydrogen-bond donors (Lipinski definition) is 3. The van der Waals surface area contributed by atoms with Crippen molar-refractivity contribution in [1.82, 2.24) is 30.1 Å². The van der Waals surface area contributed by atoms with Crippen molar-refractivity contribution in [3.05, 3.63) is 30.1 Å². The van der Waals surface area contributed by atoms with Crippen molar-refractivity contribution in [3.63, 3.8) is 0 Å². The number of carbonyl (C=O) groups excluding carboxylic acids is 2. The number of nitrogens with one attached hydrogen (secondary N) is 3. The van der Waals surface area contributed by atoms with Gasteiger partial charge in [0.05, 0.1) is 30.7 Å². The van der Waals surface area contributed by atoms with Crippen LogP contribution in [0.15, 0.2) is 24.4 Å². The number of amides is 2. The van der Waals surface area contributed by atoms with Crippen LogP contribution in [0.3, 0.4) is 0 Å². The van der Waals surface area contributed by atoms with E-state index in [1.165, 1.54) is 17.6 Å². The lowest BCUT2D eigenvalue weighted by molar-refractivity contribution is -0.117. The van der Waals surface area contributed by atoms with E-state index in [1.54, 1.807) is 23.2 Å². The number of alkyl halides is 2. The molecule has 3 aromatic heterocycles. The third-order valence-electron chi connectivity index (χ3n) is 5.21. The van der Waals surface area contributed by atoms with Crippen LogP contribution in [0, 0.1) is 5.92 Å². The summed E-state index contributed by atoms with van der Waals surface area (Å²) in [6, 6.07) is 4.84. The third kappa shape index (κ3) is 3.88. The second kappa shape index (κ2) is 7.35. The quantitative estimate of drug-likeness (QED) is 0.522. The molecule has 11 nitrogen and oxygen atoms in total. The summed E-state index contributed by atoms with van der Waals surface area (Å²) in [4.78, 5) is 30.1. The number of anilines is 4. The number of pyridine rings is 1. The van der Waals surface area contributed by atoms with Crippen LogP contribution in [0.2, 0.25) is 0 Å².